The molecule has 1 fully saturated rings. The molecule has 1 N–H and O–H groups in total. The van der Waals surface area contributed by atoms with Crippen LogP contribution in [0.2, 0.25) is 0 Å². The van der Waals surface area contributed by atoms with Crippen LogP contribution in [0.3, 0.4) is 0 Å². The van der Waals surface area contributed by atoms with Gasteiger partial charge in [0.25, 0.3) is 0 Å². The fraction of sp³-hybridized carbons (Fsp3) is 0.438. The van der Waals surface area contributed by atoms with E-state index in [0.717, 1.165) is 52.9 Å². The number of aromatic nitrogens is 1. The molecule has 1 saturated carbocycles. The quantitative estimate of drug-likeness (QED) is 0.771. The fourth-order valence-electron chi connectivity index (χ4n) is 2.20. The molecule has 1 aromatic heterocycles. The van der Waals surface area contributed by atoms with Gasteiger partial charge in [-0.3, -0.25) is 0 Å². The molecule has 0 radical (unpaired) electrons. The SMILES string of the molecule is COc1ccc(Br)c(-c2cnc(CCCNC3CC3)o2)c1. The Hall–Kier alpha value is -1.33. The van der Waals surface area contributed by atoms with E-state index in [9.17, 15) is 0 Å². The highest BCUT2D eigenvalue weighted by Gasteiger charge is 2.19. The number of rotatable bonds is 7. The smallest absolute Gasteiger partial charge is 0.194 e. The third-order valence-corrected chi connectivity index (χ3v) is 4.26. The summed E-state index contributed by atoms with van der Waals surface area (Å²) in [6.45, 7) is 1.03. The molecule has 0 aliphatic heterocycles. The van der Waals surface area contributed by atoms with Crippen LogP contribution in [0.25, 0.3) is 11.3 Å². The minimum absolute atomic E-state index is 0.762. The number of ether oxygens (including phenoxy) is 1. The van der Waals surface area contributed by atoms with Crippen LogP contribution in [-0.2, 0) is 6.42 Å². The zero-order valence-corrected chi connectivity index (χ0v) is 13.6. The summed E-state index contributed by atoms with van der Waals surface area (Å²) >= 11 is 3.54. The van der Waals surface area contributed by atoms with Crippen molar-refractivity contribution in [1.82, 2.24) is 10.3 Å². The number of oxazole rings is 1. The van der Waals surface area contributed by atoms with Gasteiger partial charge in [-0.2, -0.15) is 0 Å². The Balaban J connectivity index is 1.63. The molecular formula is C16H19BrN2O2. The first-order valence-corrected chi connectivity index (χ1v) is 8.07. The van der Waals surface area contributed by atoms with E-state index in [1.807, 2.05) is 18.2 Å². The number of benzene rings is 1. The summed E-state index contributed by atoms with van der Waals surface area (Å²) in [7, 11) is 1.66. The average Bonchev–Trinajstić information content (AvgIpc) is 3.21. The predicted octanol–water partition coefficient (Wildman–Crippen LogP) is 3.80. The number of nitrogens with zero attached hydrogens (tertiary/aromatic N) is 1. The molecule has 2 aromatic rings. The van der Waals surface area contributed by atoms with Gasteiger partial charge in [-0.1, -0.05) is 15.9 Å². The molecule has 1 aliphatic carbocycles. The van der Waals surface area contributed by atoms with Crippen molar-refractivity contribution in [1.29, 1.82) is 0 Å². The summed E-state index contributed by atoms with van der Waals surface area (Å²) in [5.41, 5.74) is 0.962. The maximum absolute atomic E-state index is 5.85. The Morgan fingerprint density at radius 3 is 3.05 bits per heavy atom. The minimum Gasteiger partial charge on any atom is -0.497 e. The van der Waals surface area contributed by atoms with E-state index in [1.54, 1.807) is 13.3 Å². The Bertz CT molecular complexity index is 608. The molecule has 112 valence electrons. The van der Waals surface area contributed by atoms with Gasteiger partial charge in [0.05, 0.1) is 13.3 Å². The van der Waals surface area contributed by atoms with Gasteiger partial charge < -0.3 is 14.5 Å². The van der Waals surface area contributed by atoms with Gasteiger partial charge >= 0.3 is 0 Å². The van der Waals surface area contributed by atoms with Crippen LogP contribution in [0, 0.1) is 0 Å². The molecule has 5 heteroatoms. The lowest BCUT2D eigenvalue weighted by molar-refractivity contribution is 0.414. The van der Waals surface area contributed by atoms with Crippen LogP contribution in [-0.4, -0.2) is 24.7 Å². The van der Waals surface area contributed by atoms with E-state index in [2.05, 4.69) is 26.2 Å². The van der Waals surface area contributed by atoms with E-state index in [0.29, 0.717) is 0 Å². The second kappa shape index (κ2) is 6.62. The molecule has 4 nitrogen and oxygen atoms in total. The van der Waals surface area contributed by atoms with Crippen LogP contribution in [0.15, 0.2) is 33.3 Å². The molecule has 1 aliphatic rings. The minimum atomic E-state index is 0.762. The van der Waals surface area contributed by atoms with Crippen LogP contribution < -0.4 is 10.1 Å². The van der Waals surface area contributed by atoms with Gasteiger partial charge in [-0.25, -0.2) is 4.98 Å². The van der Waals surface area contributed by atoms with Crippen molar-refractivity contribution >= 4 is 15.9 Å². The Morgan fingerprint density at radius 1 is 1.43 bits per heavy atom. The molecule has 0 saturated heterocycles. The molecule has 0 atom stereocenters. The second-order valence-corrected chi connectivity index (χ2v) is 6.15. The topological polar surface area (TPSA) is 47.3 Å². The first-order chi connectivity index (χ1) is 10.3. The third kappa shape index (κ3) is 3.86. The zero-order chi connectivity index (χ0) is 14.7. The normalized spacial score (nSPS) is 14.4. The van der Waals surface area contributed by atoms with E-state index >= 15 is 0 Å². The number of methoxy groups -OCH3 is 1. The number of nitrogens with one attached hydrogen (secondary N) is 1. The van der Waals surface area contributed by atoms with Crippen molar-refractivity contribution in [3.05, 3.63) is 34.8 Å². The summed E-state index contributed by atoms with van der Waals surface area (Å²) in [5, 5.41) is 3.50. The maximum Gasteiger partial charge on any atom is 0.194 e. The molecule has 21 heavy (non-hydrogen) atoms. The standard InChI is InChI=1S/C16H19BrN2O2/c1-20-12-6-7-14(17)13(9-12)15-10-19-16(21-15)3-2-8-18-11-4-5-11/h6-7,9-11,18H,2-5,8H2,1H3. The highest BCUT2D eigenvalue weighted by atomic mass is 79.9. The molecular weight excluding hydrogens is 332 g/mol. The van der Waals surface area contributed by atoms with Crippen molar-refractivity contribution in [2.24, 2.45) is 0 Å². The molecule has 1 heterocycles. The van der Waals surface area contributed by atoms with Crippen molar-refractivity contribution in [2.45, 2.75) is 31.7 Å². The van der Waals surface area contributed by atoms with Crippen molar-refractivity contribution in [3.63, 3.8) is 0 Å². The second-order valence-electron chi connectivity index (χ2n) is 5.30. The van der Waals surface area contributed by atoms with E-state index in [4.69, 9.17) is 9.15 Å². The third-order valence-electron chi connectivity index (χ3n) is 3.57. The number of aryl methyl sites for hydroxylation is 1. The number of hydrogen-bond donors (Lipinski definition) is 1. The Labute approximate surface area is 133 Å². The Kier molecular flexibility index (Phi) is 4.60. The highest BCUT2D eigenvalue weighted by Crippen LogP contribution is 2.32. The lowest BCUT2D eigenvalue weighted by Crippen LogP contribution is -2.17. The monoisotopic (exact) mass is 350 g/mol. The Morgan fingerprint density at radius 2 is 2.29 bits per heavy atom. The van der Waals surface area contributed by atoms with Crippen molar-refractivity contribution < 1.29 is 9.15 Å². The van der Waals surface area contributed by atoms with Crippen LogP contribution in [0.5, 0.6) is 5.75 Å². The van der Waals surface area contributed by atoms with Crippen molar-refractivity contribution in [3.8, 4) is 17.1 Å². The van der Waals surface area contributed by atoms with Crippen molar-refractivity contribution in [2.75, 3.05) is 13.7 Å². The van der Waals surface area contributed by atoms with Gasteiger partial charge in [-0.05, 0) is 44.0 Å². The maximum atomic E-state index is 5.85. The molecule has 0 amide bonds. The van der Waals surface area contributed by atoms with Gasteiger partial charge in [0, 0.05) is 22.5 Å². The largest absolute Gasteiger partial charge is 0.497 e. The molecule has 1 aromatic carbocycles. The van der Waals surface area contributed by atoms with E-state index < -0.39 is 0 Å². The molecule has 0 unspecified atom stereocenters. The highest BCUT2D eigenvalue weighted by molar-refractivity contribution is 9.10. The zero-order valence-electron chi connectivity index (χ0n) is 12.1. The summed E-state index contributed by atoms with van der Waals surface area (Å²) in [6, 6.07) is 6.57. The van der Waals surface area contributed by atoms with E-state index in [-0.39, 0.29) is 0 Å². The summed E-state index contributed by atoms with van der Waals surface area (Å²) in [5.74, 6) is 2.36. The summed E-state index contributed by atoms with van der Waals surface area (Å²) < 4.78 is 12.1. The van der Waals surface area contributed by atoms with Gasteiger partial charge in [0.15, 0.2) is 11.7 Å². The first-order valence-electron chi connectivity index (χ1n) is 7.28. The molecule has 0 bridgehead atoms. The molecule has 3 rings (SSSR count). The fourth-order valence-corrected chi connectivity index (χ4v) is 2.65. The van der Waals surface area contributed by atoms with Gasteiger partial charge in [0.2, 0.25) is 0 Å². The van der Waals surface area contributed by atoms with Gasteiger partial charge in [-0.15, -0.1) is 0 Å². The summed E-state index contributed by atoms with van der Waals surface area (Å²) in [6.07, 6.45) is 6.35. The lowest BCUT2D eigenvalue weighted by Gasteiger charge is -2.04. The molecule has 0 spiro atoms. The predicted molar refractivity (Wildman–Crippen MR) is 85.5 cm³/mol. The number of hydrogen-bond acceptors (Lipinski definition) is 4. The van der Waals surface area contributed by atoms with Crippen LogP contribution >= 0.6 is 15.9 Å². The number of halogens is 1. The van der Waals surface area contributed by atoms with Gasteiger partial charge in [0.1, 0.15) is 5.75 Å². The average molecular weight is 351 g/mol. The van der Waals surface area contributed by atoms with Crippen LogP contribution in [0.1, 0.15) is 25.2 Å². The lowest BCUT2D eigenvalue weighted by atomic mass is 10.2. The summed E-state index contributed by atoms with van der Waals surface area (Å²) in [4.78, 5) is 4.37. The van der Waals surface area contributed by atoms with Crippen LogP contribution in [0.4, 0.5) is 0 Å². The first kappa shape index (κ1) is 14.6. The van der Waals surface area contributed by atoms with E-state index in [1.165, 1.54) is 12.8 Å².